The molecule has 3 fully saturated rings. The highest BCUT2D eigenvalue weighted by molar-refractivity contribution is 6.30. The van der Waals surface area contributed by atoms with Crippen molar-refractivity contribution < 1.29 is 14.3 Å². The van der Waals surface area contributed by atoms with E-state index >= 15 is 0 Å². The zero-order chi connectivity index (χ0) is 17.3. The van der Waals surface area contributed by atoms with Crippen molar-refractivity contribution in [3.63, 3.8) is 0 Å². The molecule has 0 heterocycles. The zero-order valence-electron chi connectivity index (χ0n) is 14.8. The van der Waals surface area contributed by atoms with E-state index in [-0.39, 0.29) is 12.6 Å². The number of rotatable bonds is 6. The van der Waals surface area contributed by atoms with Gasteiger partial charge in [0.15, 0.2) is 6.61 Å². The second-order valence-corrected chi connectivity index (χ2v) is 8.34. The van der Waals surface area contributed by atoms with Crippen LogP contribution in [0.4, 0.5) is 0 Å². The van der Waals surface area contributed by atoms with Crippen molar-refractivity contribution in [2.45, 2.75) is 46.5 Å². The van der Waals surface area contributed by atoms with Crippen LogP contribution in [0.2, 0.25) is 5.02 Å². The van der Waals surface area contributed by atoms with Crippen molar-refractivity contribution in [1.82, 2.24) is 0 Å². The topological polar surface area (TPSA) is 35.5 Å². The number of hydrogen-bond donors (Lipinski definition) is 0. The van der Waals surface area contributed by atoms with Gasteiger partial charge in [-0.05, 0) is 79.5 Å². The summed E-state index contributed by atoms with van der Waals surface area (Å²) in [7, 11) is 0. The molecule has 0 aliphatic heterocycles. The van der Waals surface area contributed by atoms with E-state index in [4.69, 9.17) is 21.1 Å². The first kappa shape index (κ1) is 17.6. The molecule has 3 unspecified atom stereocenters. The lowest BCUT2D eigenvalue weighted by Crippen LogP contribution is -2.52. The molecule has 0 N–H and O–H groups in total. The molecule has 3 atom stereocenters. The van der Waals surface area contributed by atoms with E-state index in [1.165, 1.54) is 19.3 Å². The lowest BCUT2D eigenvalue weighted by Gasteiger charge is -2.60. The van der Waals surface area contributed by atoms with Gasteiger partial charge in [-0.25, -0.2) is 4.79 Å². The molecule has 1 aromatic rings. The smallest absolute Gasteiger partial charge is 0.344 e. The normalized spacial score (nSPS) is 27.2. The van der Waals surface area contributed by atoms with Gasteiger partial charge in [0.25, 0.3) is 0 Å². The van der Waals surface area contributed by atoms with Gasteiger partial charge in [0.2, 0.25) is 0 Å². The van der Waals surface area contributed by atoms with Crippen LogP contribution >= 0.6 is 11.6 Å². The van der Waals surface area contributed by atoms with Gasteiger partial charge in [-0.1, -0.05) is 25.4 Å². The Morgan fingerprint density at radius 2 is 2.12 bits per heavy atom. The molecule has 0 spiro atoms. The average Bonchev–Trinajstić information content (AvgIpc) is 2.54. The molecule has 4 heteroatoms. The molecule has 3 nitrogen and oxygen atoms in total. The molecule has 3 aliphatic rings. The molecule has 0 aromatic heterocycles. The van der Waals surface area contributed by atoms with E-state index in [2.05, 4.69) is 13.8 Å². The maximum atomic E-state index is 11.9. The molecule has 3 saturated carbocycles. The predicted molar refractivity (Wildman–Crippen MR) is 95.4 cm³/mol. The minimum absolute atomic E-state index is 0.0515. The van der Waals surface area contributed by atoms with Crippen molar-refractivity contribution >= 4 is 17.6 Å². The van der Waals surface area contributed by atoms with Gasteiger partial charge in [0.1, 0.15) is 5.75 Å². The SMILES string of the molecule is Cc1cc(Cl)ccc1OCC(=O)OCCC1CCC2CC1C2(C)C. The molecule has 4 rings (SSSR count). The Bertz CT molecular complexity index is 609. The summed E-state index contributed by atoms with van der Waals surface area (Å²) in [5.41, 5.74) is 1.40. The molecule has 0 radical (unpaired) electrons. The minimum atomic E-state index is -0.300. The third kappa shape index (κ3) is 3.56. The number of carbonyl (C=O) groups is 1. The van der Waals surface area contributed by atoms with Crippen molar-refractivity contribution in [1.29, 1.82) is 0 Å². The summed E-state index contributed by atoms with van der Waals surface area (Å²) in [4.78, 5) is 11.9. The lowest BCUT2D eigenvalue weighted by atomic mass is 9.45. The van der Waals surface area contributed by atoms with Gasteiger partial charge in [-0.2, -0.15) is 0 Å². The van der Waals surface area contributed by atoms with Crippen LogP contribution in [-0.4, -0.2) is 19.2 Å². The van der Waals surface area contributed by atoms with Crippen molar-refractivity contribution in [3.8, 4) is 5.75 Å². The lowest BCUT2D eigenvalue weighted by molar-refractivity contribution is -0.148. The fraction of sp³-hybridized carbons (Fsp3) is 0.650. The largest absolute Gasteiger partial charge is 0.482 e. The molecule has 24 heavy (non-hydrogen) atoms. The van der Waals surface area contributed by atoms with Crippen LogP contribution in [-0.2, 0) is 9.53 Å². The van der Waals surface area contributed by atoms with E-state index < -0.39 is 0 Å². The number of aryl methyl sites for hydroxylation is 1. The second-order valence-electron chi connectivity index (χ2n) is 7.91. The van der Waals surface area contributed by atoms with Gasteiger partial charge < -0.3 is 9.47 Å². The summed E-state index contributed by atoms with van der Waals surface area (Å²) >= 11 is 5.91. The van der Waals surface area contributed by atoms with Crippen molar-refractivity contribution in [3.05, 3.63) is 28.8 Å². The highest BCUT2D eigenvalue weighted by atomic mass is 35.5. The predicted octanol–water partition coefficient (Wildman–Crippen LogP) is 5.03. The summed E-state index contributed by atoms with van der Waals surface area (Å²) < 4.78 is 10.9. The summed E-state index contributed by atoms with van der Waals surface area (Å²) in [5, 5.41) is 0.663. The third-order valence-corrected chi connectivity index (χ3v) is 6.47. The molecule has 1 aromatic carbocycles. The quantitative estimate of drug-likeness (QED) is 0.675. The number of halogens is 1. The Balaban J connectivity index is 1.38. The van der Waals surface area contributed by atoms with E-state index in [0.29, 0.717) is 28.7 Å². The Kier molecular flexibility index (Phi) is 5.10. The molecule has 2 bridgehead atoms. The summed E-state index contributed by atoms with van der Waals surface area (Å²) in [6, 6.07) is 5.35. The van der Waals surface area contributed by atoms with E-state index in [9.17, 15) is 4.79 Å². The van der Waals surface area contributed by atoms with Crippen LogP contribution in [0.1, 0.15) is 45.1 Å². The van der Waals surface area contributed by atoms with Gasteiger partial charge in [-0.15, -0.1) is 0 Å². The van der Waals surface area contributed by atoms with E-state index in [1.54, 1.807) is 12.1 Å². The van der Waals surface area contributed by atoms with Gasteiger partial charge in [-0.3, -0.25) is 0 Å². The zero-order valence-corrected chi connectivity index (χ0v) is 15.6. The maximum absolute atomic E-state index is 11.9. The van der Waals surface area contributed by atoms with Crippen molar-refractivity contribution in [2.75, 3.05) is 13.2 Å². The summed E-state index contributed by atoms with van der Waals surface area (Å²) in [5.74, 6) is 2.80. The van der Waals surface area contributed by atoms with Crippen molar-refractivity contribution in [2.24, 2.45) is 23.2 Å². The molecule has 3 aliphatic carbocycles. The molecular formula is C20H27ClO3. The summed E-state index contributed by atoms with van der Waals surface area (Å²) in [6.45, 7) is 7.15. The first-order valence-electron chi connectivity index (χ1n) is 8.92. The number of fused-ring (bicyclic) bond motifs is 2. The number of hydrogen-bond acceptors (Lipinski definition) is 3. The molecular weight excluding hydrogens is 324 g/mol. The first-order valence-corrected chi connectivity index (χ1v) is 9.30. The molecule has 0 saturated heterocycles. The monoisotopic (exact) mass is 350 g/mol. The second kappa shape index (κ2) is 6.95. The van der Waals surface area contributed by atoms with E-state index in [0.717, 1.165) is 23.8 Å². The van der Waals surface area contributed by atoms with Crippen LogP contribution in [0, 0.1) is 30.1 Å². The molecule has 132 valence electrons. The number of ether oxygens (including phenoxy) is 2. The highest BCUT2D eigenvalue weighted by Crippen LogP contribution is 2.61. The number of benzene rings is 1. The standard InChI is InChI=1S/C20H27ClO3/c1-13-10-16(21)6-7-18(13)24-12-19(22)23-9-8-14-4-5-15-11-17(14)20(15,2)3/h6-7,10,14-15,17H,4-5,8-9,11-12H2,1-3H3. The average molecular weight is 351 g/mol. The van der Waals surface area contributed by atoms with Gasteiger partial charge >= 0.3 is 5.97 Å². The Morgan fingerprint density at radius 1 is 1.33 bits per heavy atom. The maximum Gasteiger partial charge on any atom is 0.344 e. The molecule has 0 amide bonds. The van der Waals surface area contributed by atoms with Crippen LogP contribution in [0.5, 0.6) is 5.75 Å². The fourth-order valence-electron chi connectivity index (χ4n) is 4.59. The summed E-state index contributed by atoms with van der Waals surface area (Å²) in [6.07, 6.45) is 4.97. The van der Waals surface area contributed by atoms with Crippen LogP contribution < -0.4 is 4.74 Å². The van der Waals surface area contributed by atoms with Crippen LogP contribution in [0.15, 0.2) is 18.2 Å². The first-order chi connectivity index (χ1) is 11.4. The van der Waals surface area contributed by atoms with Crippen LogP contribution in [0.3, 0.4) is 0 Å². The fourth-order valence-corrected chi connectivity index (χ4v) is 4.81. The third-order valence-electron chi connectivity index (χ3n) is 6.24. The van der Waals surface area contributed by atoms with Gasteiger partial charge in [0, 0.05) is 5.02 Å². The van der Waals surface area contributed by atoms with Gasteiger partial charge in [0.05, 0.1) is 6.61 Å². The number of carbonyl (C=O) groups excluding carboxylic acids is 1. The van der Waals surface area contributed by atoms with E-state index in [1.807, 2.05) is 13.0 Å². The Morgan fingerprint density at radius 3 is 2.79 bits per heavy atom. The Labute approximate surface area is 149 Å². The number of esters is 1. The highest BCUT2D eigenvalue weighted by Gasteiger charge is 2.53. The Hall–Kier alpha value is -1.22. The van der Waals surface area contributed by atoms with Crippen LogP contribution in [0.25, 0.3) is 0 Å². The minimum Gasteiger partial charge on any atom is -0.482 e.